The van der Waals surface area contributed by atoms with Crippen LogP contribution >= 0.6 is 23.4 Å². The lowest BCUT2D eigenvalue weighted by Gasteiger charge is -2.42. The molecule has 2 aliphatic heterocycles. The first-order chi connectivity index (χ1) is 13.1. The van der Waals surface area contributed by atoms with Crippen molar-refractivity contribution in [2.75, 3.05) is 26.2 Å². The molecule has 2 fully saturated rings. The third-order valence-corrected chi connectivity index (χ3v) is 7.28. The predicted molar refractivity (Wildman–Crippen MR) is 116 cm³/mol. The average molecular weight is 402 g/mol. The summed E-state index contributed by atoms with van der Waals surface area (Å²) in [5.41, 5.74) is 4.01. The molecule has 5 heteroatoms. The van der Waals surface area contributed by atoms with Crippen LogP contribution in [0.1, 0.15) is 38.2 Å². The Morgan fingerprint density at radius 2 is 1.85 bits per heavy atom. The number of rotatable bonds is 5. The zero-order chi connectivity index (χ0) is 18.8. The zero-order valence-corrected chi connectivity index (χ0v) is 17.6. The van der Waals surface area contributed by atoms with Crippen molar-refractivity contribution in [3.05, 3.63) is 57.1 Å². The molecule has 0 bridgehead atoms. The van der Waals surface area contributed by atoms with Crippen LogP contribution in [0.3, 0.4) is 0 Å². The number of halogens is 1. The highest BCUT2D eigenvalue weighted by atomic mass is 35.5. The second kappa shape index (κ2) is 8.42. The number of nitrogens with one attached hydrogen (secondary N) is 1. The molecule has 0 radical (unpaired) electrons. The monoisotopic (exact) mass is 401 g/mol. The predicted octanol–water partition coefficient (Wildman–Crippen LogP) is 5.53. The number of thioether (sulfide) groups is 1. The van der Waals surface area contributed by atoms with E-state index in [9.17, 15) is 0 Å². The molecule has 144 valence electrons. The number of hydrogen-bond acceptors (Lipinski definition) is 4. The first kappa shape index (κ1) is 19.1. The van der Waals surface area contributed by atoms with Crippen molar-refractivity contribution >= 4 is 28.4 Å². The fourth-order valence-corrected chi connectivity index (χ4v) is 5.11. The maximum Gasteiger partial charge on any atom is 0.100 e. The Morgan fingerprint density at radius 3 is 2.41 bits per heavy atom. The molecular weight excluding hydrogens is 374 g/mol. The van der Waals surface area contributed by atoms with Crippen molar-refractivity contribution < 1.29 is 0 Å². The van der Waals surface area contributed by atoms with Crippen LogP contribution in [0.2, 0.25) is 5.02 Å². The molecular formula is C22H28ClN3S. The molecule has 0 aromatic heterocycles. The summed E-state index contributed by atoms with van der Waals surface area (Å²) in [4.78, 5) is 6.46. The molecule has 0 atom stereocenters. The lowest BCUT2D eigenvalue weighted by atomic mass is 9.80. The van der Waals surface area contributed by atoms with Gasteiger partial charge in [0.05, 0.1) is 0 Å². The topological polar surface area (TPSA) is 30.3 Å². The van der Waals surface area contributed by atoms with Gasteiger partial charge in [-0.05, 0) is 53.9 Å². The van der Waals surface area contributed by atoms with E-state index in [1.807, 2.05) is 12.1 Å². The fourth-order valence-electron chi connectivity index (χ4n) is 4.13. The first-order valence-electron chi connectivity index (χ1n) is 10.1. The van der Waals surface area contributed by atoms with Crippen molar-refractivity contribution in [3.8, 4) is 0 Å². The highest BCUT2D eigenvalue weighted by Gasteiger charge is 2.33. The van der Waals surface area contributed by atoms with E-state index in [0.29, 0.717) is 5.92 Å². The molecule has 1 saturated heterocycles. The quantitative estimate of drug-likeness (QED) is 0.703. The first-order valence-corrected chi connectivity index (χ1v) is 11.3. The normalized spacial score (nSPS) is 23.4. The number of nitrogens with zero attached hydrogens (tertiary/aromatic N) is 2. The maximum absolute atomic E-state index is 8.49. The highest BCUT2D eigenvalue weighted by Crippen LogP contribution is 2.42. The van der Waals surface area contributed by atoms with E-state index < -0.39 is 0 Å². The standard InChI is InChI=1S/C22H28ClN3S/c1-2-19-14-20(22(24)27-19)21(17-4-3-5-17)26-12-10-25(11-13-26)15-16-6-8-18(23)9-7-16/h6-9,14,17,24H,2-5,10-13,15H2,1H3/b21-20+,24-22?. The Morgan fingerprint density at radius 1 is 1.15 bits per heavy atom. The minimum absolute atomic E-state index is 0.663. The molecule has 2 heterocycles. The van der Waals surface area contributed by atoms with Gasteiger partial charge in [-0.1, -0.05) is 48.8 Å². The SMILES string of the molecule is CCC1=C/C(=C(/C2CCC2)N2CCN(Cc3ccc(Cl)cc3)CC2)C(=N)S1. The number of benzene rings is 1. The van der Waals surface area contributed by atoms with Gasteiger partial charge in [-0.25, -0.2) is 0 Å². The number of hydrogen-bond donors (Lipinski definition) is 1. The van der Waals surface area contributed by atoms with E-state index in [2.05, 4.69) is 34.9 Å². The van der Waals surface area contributed by atoms with Gasteiger partial charge in [0, 0.05) is 49.0 Å². The lowest BCUT2D eigenvalue weighted by molar-refractivity contribution is 0.132. The summed E-state index contributed by atoms with van der Waals surface area (Å²) in [6.45, 7) is 7.47. The van der Waals surface area contributed by atoms with Crippen molar-refractivity contribution in [2.24, 2.45) is 5.92 Å². The smallest absolute Gasteiger partial charge is 0.100 e. The Bertz CT molecular complexity index is 756. The molecule has 3 aliphatic rings. The van der Waals surface area contributed by atoms with E-state index in [0.717, 1.165) is 49.2 Å². The van der Waals surface area contributed by atoms with E-state index in [4.69, 9.17) is 17.0 Å². The second-order valence-corrected chi connectivity index (χ2v) is 9.28. The van der Waals surface area contributed by atoms with Gasteiger partial charge < -0.3 is 4.90 Å². The minimum Gasteiger partial charge on any atom is -0.371 e. The van der Waals surface area contributed by atoms with Crippen LogP contribution < -0.4 is 0 Å². The van der Waals surface area contributed by atoms with Crippen LogP contribution in [-0.2, 0) is 6.54 Å². The Kier molecular flexibility index (Phi) is 5.96. The van der Waals surface area contributed by atoms with Crippen LogP contribution in [-0.4, -0.2) is 41.0 Å². The number of piperazine rings is 1. The Hall–Kier alpha value is -1.23. The zero-order valence-electron chi connectivity index (χ0n) is 16.0. The van der Waals surface area contributed by atoms with Crippen LogP contribution in [0.4, 0.5) is 0 Å². The summed E-state index contributed by atoms with van der Waals surface area (Å²) in [5, 5.41) is 10.1. The summed E-state index contributed by atoms with van der Waals surface area (Å²) in [5.74, 6) is 0.663. The molecule has 1 aromatic carbocycles. The highest BCUT2D eigenvalue weighted by molar-refractivity contribution is 8.18. The molecule has 1 saturated carbocycles. The summed E-state index contributed by atoms with van der Waals surface area (Å²) < 4.78 is 0. The third-order valence-electron chi connectivity index (χ3n) is 5.93. The summed E-state index contributed by atoms with van der Waals surface area (Å²) in [6, 6.07) is 8.22. The van der Waals surface area contributed by atoms with Crippen LogP contribution in [0.25, 0.3) is 0 Å². The van der Waals surface area contributed by atoms with Crippen LogP contribution in [0, 0.1) is 11.3 Å². The molecule has 0 unspecified atom stereocenters. The maximum atomic E-state index is 8.49. The van der Waals surface area contributed by atoms with E-state index >= 15 is 0 Å². The van der Waals surface area contributed by atoms with Crippen LogP contribution in [0.15, 0.2) is 46.5 Å². The summed E-state index contributed by atoms with van der Waals surface area (Å²) in [7, 11) is 0. The van der Waals surface area contributed by atoms with Crippen molar-refractivity contribution in [2.45, 2.75) is 39.2 Å². The van der Waals surface area contributed by atoms with E-state index in [1.54, 1.807) is 11.8 Å². The van der Waals surface area contributed by atoms with Gasteiger partial charge in [0.15, 0.2) is 0 Å². The second-order valence-electron chi connectivity index (χ2n) is 7.71. The lowest BCUT2D eigenvalue weighted by Crippen LogP contribution is -2.47. The van der Waals surface area contributed by atoms with E-state index in [-0.39, 0.29) is 0 Å². The third kappa shape index (κ3) is 4.28. The van der Waals surface area contributed by atoms with Crippen molar-refractivity contribution in [1.82, 2.24) is 9.80 Å². The number of allylic oxidation sites excluding steroid dienone is 3. The molecule has 0 spiro atoms. The largest absolute Gasteiger partial charge is 0.371 e. The van der Waals surface area contributed by atoms with Gasteiger partial charge in [0.2, 0.25) is 0 Å². The average Bonchev–Trinajstić information content (AvgIpc) is 3.01. The summed E-state index contributed by atoms with van der Waals surface area (Å²) >= 11 is 7.66. The van der Waals surface area contributed by atoms with Gasteiger partial charge in [-0.3, -0.25) is 10.3 Å². The molecule has 1 aliphatic carbocycles. The van der Waals surface area contributed by atoms with Crippen molar-refractivity contribution in [1.29, 1.82) is 5.41 Å². The minimum atomic E-state index is 0.663. The van der Waals surface area contributed by atoms with E-state index in [1.165, 1.54) is 41.0 Å². The molecule has 1 N–H and O–H groups in total. The summed E-state index contributed by atoms with van der Waals surface area (Å²) in [6.07, 6.45) is 7.24. The van der Waals surface area contributed by atoms with Gasteiger partial charge in [-0.15, -0.1) is 0 Å². The fraction of sp³-hybridized carbons (Fsp3) is 0.500. The molecule has 0 amide bonds. The van der Waals surface area contributed by atoms with Crippen molar-refractivity contribution in [3.63, 3.8) is 0 Å². The Labute approximate surface area is 172 Å². The molecule has 4 rings (SSSR count). The van der Waals surface area contributed by atoms with Gasteiger partial charge in [-0.2, -0.15) is 0 Å². The van der Waals surface area contributed by atoms with Gasteiger partial charge >= 0.3 is 0 Å². The van der Waals surface area contributed by atoms with Gasteiger partial charge in [0.1, 0.15) is 5.04 Å². The van der Waals surface area contributed by atoms with Crippen LogP contribution in [0.5, 0.6) is 0 Å². The molecule has 27 heavy (non-hydrogen) atoms. The molecule has 3 nitrogen and oxygen atoms in total. The van der Waals surface area contributed by atoms with Gasteiger partial charge in [0.25, 0.3) is 0 Å². The Balaban J connectivity index is 1.45. The molecule has 1 aromatic rings.